The number of nitrogens with two attached hydrogens (primary N) is 1. The molecule has 1 heterocycles. The van der Waals surface area contributed by atoms with Crippen LogP contribution in [0, 0.1) is 5.41 Å². The standard InChI is InChI=1S/C15H22N2O/c1-3-15(2)8-5-9-17(11-15)14(18)12-6-4-7-13(16)10-12/h4,6-7,10H,3,5,8-9,11,16H2,1-2H3. The summed E-state index contributed by atoms with van der Waals surface area (Å²) in [5.74, 6) is 0.113. The largest absolute Gasteiger partial charge is 0.399 e. The molecule has 0 aromatic heterocycles. The van der Waals surface area contributed by atoms with Crippen molar-refractivity contribution in [1.29, 1.82) is 0 Å². The van der Waals surface area contributed by atoms with E-state index in [0.29, 0.717) is 11.3 Å². The molecule has 3 nitrogen and oxygen atoms in total. The Labute approximate surface area is 109 Å². The number of nitrogen functional groups attached to an aromatic ring is 1. The van der Waals surface area contributed by atoms with Gasteiger partial charge in [0.25, 0.3) is 5.91 Å². The fraction of sp³-hybridized carbons (Fsp3) is 0.533. The van der Waals surface area contributed by atoms with Crippen molar-refractivity contribution in [3.8, 4) is 0 Å². The normalized spacial score (nSPS) is 24.0. The molecule has 1 aromatic rings. The highest BCUT2D eigenvalue weighted by Gasteiger charge is 2.31. The van der Waals surface area contributed by atoms with E-state index in [1.165, 1.54) is 6.42 Å². The molecule has 18 heavy (non-hydrogen) atoms. The van der Waals surface area contributed by atoms with Gasteiger partial charge in [0.2, 0.25) is 0 Å². The Morgan fingerprint density at radius 3 is 2.94 bits per heavy atom. The van der Waals surface area contributed by atoms with E-state index in [-0.39, 0.29) is 11.3 Å². The molecule has 2 N–H and O–H groups in total. The zero-order valence-electron chi connectivity index (χ0n) is 11.3. The Morgan fingerprint density at radius 2 is 2.28 bits per heavy atom. The first-order chi connectivity index (χ1) is 8.54. The maximum absolute atomic E-state index is 12.4. The molecule has 1 saturated heterocycles. The molecule has 0 radical (unpaired) electrons. The minimum Gasteiger partial charge on any atom is -0.399 e. The SMILES string of the molecule is CCC1(C)CCCN(C(=O)c2cccc(N)c2)C1. The topological polar surface area (TPSA) is 46.3 Å². The summed E-state index contributed by atoms with van der Waals surface area (Å²) in [5.41, 5.74) is 7.36. The highest BCUT2D eigenvalue weighted by atomic mass is 16.2. The van der Waals surface area contributed by atoms with Gasteiger partial charge in [0.15, 0.2) is 0 Å². The number of likely N-dealkylation sites (tertiary alicyclic amines) is 1. The molecule has 2 rings (SSSR count). The van der Waals surface area contributed by atoms with E-state index >= 15 is 0 Å². The zero-order valence-corrected chi connectivity index (χ0v) is 11.3. The monoisotopic (exact) mass is 246 g/mol. The lowest BCUT2D eigenvalue weighted by Gasteiger charge is -2.40. The van der Waals surface area contributed by atoms with Crippen LogP contribution in [-0.4, -0.2) is 23.9 Å². The van der Waals surface area contributed by atoms with Crippen molar-refractivity contribution in [3.63, 3.8) is 0 Å². The first-order valence-electron chi connectivity index (χ1n) is 6.69. The van der Waals surface area contributed by atoms with Crippen LogP contribution in [0.1, 0.15) is 43.5 Å². The van der Waals surface area contributed by atoms with Gasteiger partial charge in [-0.15, -0.1) is 0 Å². The van der Waals surface area contributed by atoms with E-state index in [1.54, 1.807) is 6.07 Å². The van der Waals surface area contributed by atoms with Gasteiger partial charge >= 0.3 is 0 Å². The van der Waals surface area contributed by atoms with Crippen molar-refractivity contribution >= 4 is 11.6 Å². The third kappa shape index (κ3) is 2.66. The van der Waals surface area contributed by atoms with Gasteiger partial charge in [0.05, 0.1) is 0 Å². The lowest BCUT2D eigenvalue weighted by Crippen LogP contribution is -2.44. The Kier molecular flexibility index (Phi) is 3.60. The molecule has 98 valence electrons. The van der Waals surface area contributed by atoms with E-state index in [1.807, 2.05) is 23.1 Å². The van der Waals surface area contributed by atoms with Crippen LogP contribution in [0.15, 0.2) is 24.3 Å². The van der Waals surface area contributed by atoms with Crippen LogP contribution >= 0.6 is 0 Å². The second-order valence-corrected chi connectivity index (χ2v) is 5.62. The molecule has 1 aliphatic rings. The molecule has 3 heteroatoms. The van der Waals surface area contributed by atoms with Gasteiger partial charge in [-0.3, -0.25) is 4.79 Å². The molecule has 0 bridgehead atoms. The molecule has 1 unspecified atom stereocenters. The van der Waals surface area contributed by atoms with Gasteiger partial charge in [-0.2, -0.15) is 0 Å². The summed E-state index contributed by atoms with van der Waals surface area (Å²) >= 11 is 0. The van der Waals surface area contributed by atoms with Crippen molar-refractivity contribution in [3.05, 3.63) is 29.8 Å². The Bertz CT molecular complexity index is 444. The van der Waals surface area contributed by atoms with Gasteiger partial charge in [0, 0.05) is 24.3 Å². The van der Waals surface area contributed by atoms with Gasteiger partial charge in [-0.1, -0.05) is 19.9 Å². The van der Waals surface area contributed by atoms with Gasteiger partial charge in [0.1, 0.15) is 0 Å². The van der Waals surface area contributed by atoms with E-state index in [4.69, 9.17) is 5.73 Å². The number of carbonyl (C=O) groups excluding carboxylic acids is 1. The Hall–Kier alpha value is -1.51. The van der Waals surface area contributed by atoms with Crippen LogP contribution in [0.4, 0.5) is 5.69 Å². The van der Waals surface area contributed by atoms with Crippen molar-refractivity contribution in [2.24, 2.45) is 5.41 Å². The van der Waals surface area contributed by atoms with E-state index in [0.717, 1.165) is 25.9 Å². The van der Waals surface area contributed by atoms with Crippen LogP contribution in [0.5, 0.6) is 0 Å². The van der Waals surface area contributed by atoms with Crippen molar-refractivity contribution in [1.82, 2.24) is 4.90 Å². The summed E-state index contributed by atoms with van der Waals surface area (Å²) in [6, 6.07) is 7.26. The summed E-state index contributed by atoms with van der Waals surface area (Å²) in [6.07, 6.45) is 3.43. The van der Waals surface area contributed by atoms with E-state index in [2.05, 4.69) is 13.8 Å². The fourth-order valence-electron chi connectivity index (χ4n) is 2.63. The highest BCUT2D eigenvalue weighted by Crippen LogP contribution is 2.33. The molecule has 1 aromatic carbocycles. The number of carbonyl (C=O) groups is 1. The maximum atomic E-state index is 12.4. The number of benzene rings is 1. The molecular formula is C15H22N2O. The minimum atomic E-state index is 0.113. The Morgan fingerprint density at radius 1 is 1.50 bits per heavy atom. The summed E-state index contributed by atoms with van der Waals surface area (Å²) in [5, 5.41) is 0. The number of hydrogen-bond acceptors (Lipinski definition) is 2. The van der Waals surface area contributed by atoms with Crippen LogP contribution in [0.3, 0.4) is 0 Å². The average Bonchev–Trinajstić information content (AvgIpc) is 2.38. The number of nitrogens with zero attached hydrogens (tertiary/aromatic N) is 1. The molecule has 1 amide bonds. The summed E-state index contributed by atoms with van der Waals surface area (Å²) in [6.45, 7) is 6.20. The number of rotatable bonds is 2. The van der Waals surface area contributed by atoms with Crippen LogP contribution in [0.25, 0.3) is 0 Å². The summed E-state index contributed by atoms with van der Waals surface area (Å²) < 4.78 is 0. The number of hydrogen-bond donors (Lipinski definition) is 1. The Balaban J connectivity index is 2.14. The maximum Gasteiger partial charge on any atom is 0.253 e. The van der Waals surface area contributed by atoms with Crippen LogP contribution in [0.2, 0.25) is 0 Å². The average molecular weight is 246 g/mol. The zero-order chi connectivity index (χ0) is 13.2. The second kappa shape index (κ2) is 5.01. The van der Waals surface area contributed by atoms with Crippen molar-refractivity contribution in [2.75, 3.05) is 18.8 Å². The van der Waals surface area contributed by atoms with E-state index < -0.39 is 0 Å². The fourth-order valence-corrected chi connectivity index (χ4v) is 2.63. The van der Waals surface area contributed by atoms with Crippen LogP contribution < -0.4 is 5.73 Å². The molecule has 0 spiro atoms. The molecule has 1 fully saturated rings. The molecule has 1 aliphatic heterocycles. The smallest absolute Gasteiger partial charge is 0.253 e. The third-order valence-electron chi connectivity index (χ3n) is 4.06. The predicted molar refractivity (Wildman–Crippen MR) is 74.4 cm³/mol. The highest BCUT2D eigenvalue weighted by molar-refractivity contribution is 5.95. The van der Waals surface area contributed by atoms with Crippen LogP contribution in [-0.2, 0) is 0 Å². The van der Waals surface area contributed by atoms with Crippen molar-refractivity contribution in [2.45, 2.75) is 33.1 Å². The third-order valence-corrected chi connectivity index (χ3v) is 4.06. The second-order valence-electron chi connectivity index (χ2n) is 5.62. The van der Waals surface area contributed by atoms with Gasteiger partial charge in [-0.05, 0) is 42.9 Å². The number of amides is 1. The first kappa shape index (κ1) is 12.9. The minimum absolute atomic E-state index is 0.113. The summed E-state index contributed by atoms with van der Waals surface area (Å²) in [4.78, 5) is 14.4. The summed E-state index contributed by atoms with van der Waals surface area (Å²) in [7, 11) is 0. The van der Waals surface area contributed by atoms with Gasteiger partial charge < -0.3 is 10.6 Å². The van der Waals surface area contributed by atoms with Gasteiger partial charge in [-0.25, -0.2) is 0 Å². The lowest BCUT2D eigenvalue weighted by molar-refractivity contribution is 0.0543. The molecule has 0 saturated carbocycles. The first-order valence-corrected chi connectivity index (χ1v) is 6.69. The predicted octanol–water partition coefficient (Wildman–Crippen LogP) is 2.92. The molecule has 1 atom stereocenters. The number of anilines is 1. The lowest BCUT2D eigenvalue weighted by atomic mass is 9.79. The van der Waals surface area contributed by atoms with E-state index in [9.17, 15) is 4.79 Å². The quantitative estimate of drug-likeness (QED) is 0.815. The molecular weight excluding hydrogens is 224 g/mol. The number of piperidine rings is 1. The van der Waals surface area contributed by atoms with Crippen molar-refractivity contribution < 1.29 is 4.79 Å². The molecule has 0 aliphatic carbocycles.